The number of nitrogens with one attached hydrogen (secondary N) is 2. The van der Waals surface area contributed by atoms with Gasteiger partial charge >= 0.3 is 0 Å². The number of benzene rings is 1. The number of anilines is 1. The Kier molecular flexibility index (Phi) is 3.89. The standard InChI is InChI=1S/C18H17N3O4/c1-2-23-17-4-3-13(9-20-17)19-8-12-5-11-6-15-16(25-10-24-15)7-14(11)21-18(12)22/h3-7,9,19H,2,8,10H2,1H3,(H,21,22). The second-order valence-corrected chi connectivity index (χ2v) is 5.59. The van der Waals surface area contributed by atoms with Crippen molar-refractivity contribution in [2.75, 3.05) is 18.7 Å². The fourth-order valence-electron chi connectivity index (χ4n) is 2.69. The molecule has 128 valence electrons. The Bertz CT molecular complexity index is 966. The molecule has 1 aliphatic rings. The largest absolute Gasteiger partial charge is 0.478 e. The monoisotopic (exact) mass is 339 g/mol. The third-order valence-electron chi connectivity index (χ3n) is 3.93. The highest BCUT2D eigenvalue weighted by Gasteiger charge is 2.15. The number of ether oxygens (including phenoxy) is 3. The third kappa shape index (κ3) is 3.08. The molecule has 4 rings (SSSR count). The predicted octanol–water partition coefficient (Wildman–Crippen LogP) is 2.66. The van der Waals surface area contributed by atoms with E-state index in [1.165, 1.54) is 0 Å². The van der Waals surface area contributed by atoms with Crippen molar-refractivity contribution in [1.29, 1.82) is 0 Å². The fraction of sp³-hybridized carbons (Fsp3) is 0.222. The minimum atomic E-state index is -0.141. The van der Waals surface area contributed by atoms with Crippen LogP contribution in [0.1, 0.15) is 12.5 Å². The van der Waals surface area contributed by atoms with Crippen molar-refractivity contribution in [2.45, 2.75) is 13.5 Å². The van der Waals surface area contributed by atoms with Crippen molar-refractivity contribution >= 4 is 16.6 Å². The molecular formula is C18H17N3O4. The molecule has 3 heterocycles. The van der Waals surface area contributed by atoms with Gasteiger partial charge in [-0.1, -0.05) is 0 Å². The van der Waals surface area contributed by atoms with E-state index >= 15 is 0 Å². The molecule has 2 aromatic heterocycles. The van der Waals surface area contributed by atoms with Gasteiger partial charge in [0.1, 0.15) is 0 Å². The molecule has 25 heavy (non-hydrogen) atoms. The normalized spacial score (nSPS) is 12.4. The van der Waals surface area contributed by atoms with Gasteiger partial charge in [0, 0.05) is 29.6 Å². The van der Waals surface area contributed by atoms with Crippen molar-refractivity contribution in [3.05, 3.63) is 52.4 Å². The Morgan fingerprint density at radius 3 is 2.84 bits per heavy atom. The van der Waals surface area contributed by atoms with E-state index in [4.69, 9.17) is 14.2 Å². The second kappa shape index (κ2) is 6.35. The zero-order chi connectivity index (χ0) is 17.2. The highest BCUT2D eigenvalue weighted by atomic mass is 16.7. The Labute approximate surface area is 143 Å². The van der Waals surface area contributed by atoms with Gasteiger partial charge in [-0.25, -0.2) is 4.98 Å². The van der Waals surface area contributed by atoms with E-state index in [9.17, 15) is 4.79 Å². The molecule has 2 N–H and O–H groups in total. The van der Waals surface area contributed by atoms with Crippen LogP contribution in [0.5, 0.6) is 17.4 Å². The minimum Gasteiger partial charge on any atom is -0.478 e. The molecule has 0 aliphatic carbocycles. The van der Waals surface area contributed by atoms with E-state index in [-0.39, 0.29) is 12.4 Å². The summed E-state index contributed by atoms with van der Waals surface area (Å²) >= 11 is 0. The molecule has 7 heteroatoms. The SMILES string of the molecule is CCOc1ccc(NCc2cc3cc4c(cc3[nH]c2=O)OCO4)cn1. The van der Waals surface area contributed by atoms with Crippen LogP contribution in [0.2, 0.25) is 0 Å². The Morgan fingerprint density at radius 1 is 1.24 bits per heavy atom. The van der Waals surface area contributed by atoms with Crippen LogP contribution in [0.25, 0.3) is 10.9 Å². The highest BCUT2D eigenvalue weighted by Crippen LogP contribution is 2.35. The number of aromatic nitrogens is 2. The molecule has 0 bridgehead atoms. The van der Waals surface area contributed by atoms with Gasteiger partial charge in [0.15, 0.2) is 11.5 Å². The van der Waals surface area contributed by atoms with Crippen LogP contribution in [-0.2, 0) is 6.54 Å². The average Bonchev–Trinajstić information content (AvgIpc) is 3.07. The van der Waals surface area contributed by atoms with E-state index in [1.807, 2.05) is 25.1 Å². The van der Waals surface area contributed by atoms with Gasteiger partial charge in [0.2, 0.25) is 12.7 Å². The van der Waals surface area contributed by atoms with Gasteiger partial charge in [-0.3, -0.25) is 4.79 Å². The van der Waals surface area contributed by atoms with Gasteiger partial charge in [-0.05, 0) is 25.1 Å². The molecule has 0 spiro atoms. The van der Waals surface area contributed by atoms with Crippen LogP contribution in [0.4, 0.5) is 5.69 Å². The number of H-pyrrole nitrogens is 1. The van der Waals surface area contributed by atoms with Crippen LogP contribution in [0.15, 0.2) is 41.3 Å². The predicted molar refractivity (Wildman–Crippen MR) is 93.4 cm³/mol. The first-order chi connectivity index (χ1) is 12.2. The molecule has 0 fully saturated rings. The summed E-state index contributed by atoms with van der Waals surface area (Å²) in [6.45, 7) is 3.07. The van der Waals surface area contributed by atoms with Gasteiger partial charge in [0.25, 0.3) is 5.56 Å². The van der Waals surface area contributed by atoms with Gasteiger partial charge in [-0.2, -0.15) is 0 Å². The number of aromatic amines is 1. The van der Waals surface area contributed by atoms with Crippen LogP contribution in [0, 0.1) is 0 Å². The number of rotatable bonds is 5. The van der Waals surface area contributed by atoms with Gasteiger partial charge in [0.05, 0.1) is 24.0 Å². The van der Waals surface area contributed by atoms with E-state index < -0.39 is 0 Å². The van der Waals surface area contributed by atoms with Crippen molar-refractivity contribution < 1.29 is 14.2 Å². The van der Waals surface area contributed by atoms with Crippen molar-refractivity contribution in [3.63, 3.8) is 0 Å². The van der Waals surface area contributed by atoms with E-state index in [1.54, 1.807) is 18.3 Å². The Hall–Kier alpha value is -3.22. The molecule has 3 aromatic rings. The summed E-state index contributed by atoms with van der Waals surface area (Å²) in [5, 5.41) is 4.09. The molecule has 1 aliphatic heterocycles. The summed E-state index contributed by atoms with van der Waals surface area (Å²) in [6, 6.07) is 9.16. The quantitative estimate of drug-likeness (QED) is 0.743. The molecule has 0 unspecified atom stereocenters. The van der Waals surface area contributed by atoms with E-state index in [2.05, 4.69) is 15.3 Å². The fourth-order valence-corrected chi connectivity index (χ4v) is 2.69. The highest BCUT2D eigenvalue weighted by molar-refractivity contribution is 5.83. The molecule has 7 nitrogen and oxygen atoms in total. The number of hydrogen-bond acceptors (Lipinski definition) is 6. The van der Waals surface area contributed by atoms with Crippen LogP contribution in [-0.4, -0.2) is 23.4 Å². The Morgan fingerprint density at radius 2 is 2.08 bits per heavy atom. The van der Waals surface area contributed by atoms with E-state index in [0.29, 0.717) is 36.1 Å². The van der Waals surface area contributed by atoms with Crippen molar-refractivity contribution in [3.8, 4) is 17.4 Å². The number of fused-ring (bicyclic) bond motifs is 2. The summed E-state index contributed by atoms with van der Waals surface area (Å²) in [5.41, 5.74) is 2.02. The van der Waals surface area contributed by atoms with Gasteiger partial charge in [-0.15, -0.1) is 0 Å². The molecule has 0 radical (unpaired) electrons. The van der Waals surface area contributed by atoms with Crippen molar-refractivity contribution in [2.24, 2.45) is 0 Å². The molecule has 0 atom stereocenters. The summed E-state index contributed by atoms with van der Waals surface area (Å²) < 4.78 is 16.0. The zero-order valence-corrected chi connectivity index (χ0v) is 13.7. The summed E-state index contributed by atoms with van der Waals surface area (Å²) in [4.78, 5) is 19.4. The lowest BCUT2D eigenvalue weighted by Gasteiger charge is -2.08. The number of nitrogens with zero attached hydrogens (tertiary/aromatic N) is 1. The van der Waals surface area contributed by atoms with Crippen LogP contribution in [0.3, 0.4) is 0 Å². The zero-order valence-electron chi connectivity index (χ0n) is 13.7. The van der Waals surface area contributed by atoms with Gasteiger partial charge < -0.3 is 24.5 Å². The lowest BCUT2D eigenvalue weighted by molar-refractivity contribution is 0.174. The Balaban J connectivity index is 1.55. The molecule has 1 aromatic carbocycles. The summed E-state index contributed by atoms with van der Waals surface area (Å²) in [6.07, 6.45) is 1.68. The minimum absolute atomic E-state index is 0.141. The topological polar surface area (TPSA) is 85.5 Å². The maximum atomic E-state index is 12.3. The average molecular weight is 339 g/mol. The van der Waals surface area contributed by atoms with Crippen LogP contribution >= 0.6 is 0 Å². The lowest BCUT2D eigenvalue weighted by atomic mass is 10.1. The second-order valence-electron chi connectivity index (χ2n) is 5.59. The molecular weight excluding hydrogens is 322 g/mol. The molecule has 0 saturated heterocycles. The first kappa shape index (κ1) is 15.3. The molecule has 0 amide bonds. The number of hydrogen-bond donors (Lipinski definition) is 2. The first-order valence-electron chi connectivity index (χ1n) is 8.01. The first-order valence-corrected chi connectivity index (χ1v) is 8.01. The van der Waals surface area contributed by atoms with E-state index in [0.717, 1.165) is 16.6 Å². The van der Waals surface area contributed by atoms with Crippen LogP contribution < -0.4 is 25.1 Å². The third-order valence-corrected chi connectivity index (χ3v) is 3.93. The molecule has 0 saturated carbocycles. The summed E-state index contributed by atoms with van der Waals surface area (Å²) in [5.74, 6) is 1.91. The maximum absolute atomic E-state index is 12.3. The lowest BCUT2D eigenvalue weighted by Crippen LogP contribution is -2.15. The number of pyridine rings is 2. The van der Waals surface area contributed by atoms with Crippen molar-refractivity contribution in [1.82, 2.24) is 9.97 Å². The summed E-state index contributed by atoms with van der Waals surface area (Å²) in [7, 11) is 0. The smallest absolute Gasteiger partial charge is 0.253 e. The maximum Gasteiger partial charge on any atom is 0.253 e.